The third-order valence-electron chi connectivity index (χ3n) is 3.31. The van der Waals surface area contributed by atoms with Crippen LogP contribution in [0.15, 0.2) is 6.07 Å². The van der Waals surface area contributed by atoms with Crippen LogP contribution in [0.4, 0.5) is 0 Å². The number of rotatable bonds is 5. The zero-order valence-corrected chi connectivity index (χ0v) is 12.8. The number of nitrogens with two attached hydrogens (primary N) is 1. The van der Waals surface area contributed by atoms with Crippen LogP contribution in [0.1, 0.15) is 48.6 Å². The summed E-state index contributed by atoms with van der Waals surface area (Å²) in [4.78, 5) is 23.7. The highest BCUT2D eigenvalue weighted by Crippen LogP contribution is 2.26. The molecule has 4 nitrogen and oxygen atoms in total. The molecule has 0 spiro atoms. The van der Waals surface area contributed by atoms with Gasteiger partial charge in [0.25, 0.3) is 0 Å². The molecule has 0 aromatic carbocycles. The van der Waals surface area contributed by atoms with Crippen LogP contribution in [-0.4, -0.2) is 21.6 Å². The van der Waals surface area contributed by atoms with Crippen molar-refractivity contribution in [3.05, 3.63) is 23.0 Å². The van der Waals surface area contributed by atoms with Crippen LogP contribution < -0.4 is 5.73 Å². The van der Waals surface area contributed by atoms with Crippen molar-refractivity contribution in [2.45, 2.75) is 46.0 Å². The number of carbonyl (C=O) groups is 2. The number of alkyl halides is 1. The van der Waals surface area contributed by atoms with E-state index in [-0.39, 0.29) is 11.7 Å². The lowest BCUT2D eigenvalue weighted by Crippen LogP contribution is -2.31. The molecule has 0 radical (unpaired) electrons. The minimum absolute atomic E-state index is 0.0543. The van der Waals surface area contributed by atoms with Crippen LogP contribution in [0.3, 0.4) is 0 Å². The highest BCUT2D eigenvalue weighted by molar-refractivity contribution is 6.33. The number of nitrogens with zero attached hydrogens (tertiary/aromatic N) is 1. The van der Waals surface area contributed by atoms with Crippen molar-refractivity contribution in [3.63, 3.8) is 0 Å². The van der Waals surface area contributed by atoms with Gasteiger partial charge in [-0.15, -0.1) is 11.6 Å². The first-order chi connectivity index (χ1) is 8.68. The summed E-state index contributed by atoms with van der Waals surface area (Å²) in [6.07, 6.45) is 0. The number of halogens is 1. The zero-order valence-electron chi connectivity index (χ0n) is 12.0. The summed E-state index contributed by atoms with van der Waals surface area (Å²) in [5, 5.41) is -0.583. The number of amides is 1. The zero-order chi connectivity index (χ0) is 14.9. The maximum Gasteiger partial charge on any atom is 0.240 e. The van der Waals surface area contributed by atoms with Gasteiger partial charge in [-0.05, 0) is 32.8 Å². The van der Waals surface area contributed by atoms with E-state index in [9.17, 15) is 9.59 Å². The maximum absolute atomic E-state index is 12.0. The van der Waals surface area contributed by atoms with Gasteiger partial charge in [-0.2, -0.15) is 0 Å². The number of carbonyl (C=O) groups excluding carboxylic acids is 2. The van der Waals surface area contributed by atoms with Crippen molar-refractivity contribution < 1.29 is 9.59 Å². The molecule has 1 aromatic rings. The minimum atomic E-state index is -0.583. The summed E-state index contributed by atoms with van der Waals surface area (Å²) in [6.45, 7) is 9.18. The molecule has 1 rings (SSSR count). The molecular formula is C14H21ClN2O2. The summed E-state index contributed by atoms with van der Waals surface area (Å²) in [7, 11) is 0. The lowest BCUT2D eigenvalue weighted by atomic mass is 10.0. The van der Waals surface area contributed by atoms with Gasteiger partial charge < -0.3 is 10.3 Å². The van der Waals surface area contributed by atoms with Crippen molar-refractivity contribution in [3.8, 4) is 0 Å². The molecule has 0 bridgehead atoms. The molecular weight excluding hydrogens is 264 g/mol. The Morgan fingerprint density at radius 1 is 1.26 bits per heavy atom. The highest BCUT2D eigenvalue weighted by Gasteiger charge is 2.27. The first kappa shape index (κ1) is 15.8. The van der Waals surface area contributed by atoms with Crippen molar-refractivity contribution in [2.75, 3.05) is 0 Å². The summed E-state index contributed by atoms with van der Waals surface area (Å²) in [5.74, 6) is -0.471. The normalized spacial score (nSPS) is 14.5. The van der Waals surface area contributed by atoms with E-state index >= 15 is 0 Å². The van der Waals surface area contributed by atoms with Gasteiger partial charge in [0.1, 0.15) is 6.04 Å². The SMILES string of the molecule is Cc1cc(C(=O)C(C)Cl)c(C)n1C(C(N)=O)C(C)C. The monoisotopic (exact) mass is 284 g/mol. The lowest BCUT2D eigenvalue weighted by Gasteiger charge is -2.23. The average molecular weight is 285 g/mol. The molecule has 106 valence electrons. The van der Waals surface area contributed by atoms with Crippen LogP contribution in [0, 0.1) is 19.8 Å². The fourth-order valence-electron chi connectivity index (χ4n) is 2.42. The predicted octanol–water partition coefficient (Wildman–Crippen LogP) is 2.60. The fraction of sp³-hybridized carbons (Fsp3) is 0.571. The lowest BCUT2D eigenvalue weighted by molar-refractivity contribution is -0.122. The molecule has 19 heavy (non-hydrogen) atoms. The molecule has 2 unspecified atom stereocenters. The topological polar surface area (TPSA) is 65.1 Å². The number of primary amides is 1. The second kappa shape index (κ2) is 5.78. The van der Waals surface area contributed by atoms with E-state index in [1.165, 1.54) is 0 Å². The molecule has 0 aliphatic rings. The van der Waals surface area contributed by atoms with Crippen LogP contribution in [0.25, 0.3) is 0 Å². The second-order valence-electron chi connectivity index (χ2n) is 5.23. The van der Waals surface area contributed by atoms with Crippen molar-refractivity contribution >= 4 is 23.3 Å². The van der Waals surface area contributed by atoms with E-state index in [2.05, 4.69) is 0 Å². The van der Waals surface area contributed by atoms with Crippen LogP contribution >= 0.6 is 11.6 Å². The number of hydrogen-bond donors (Lipinski definition) is 1. The Morgan fingerprint density at radius 3 is 2.16 bits per heavy atom. The van der Waals surface area contributed by atoms with Gasteiger partial charge in [0, 0.05) is 17.0 Å². The number of hydrogen-bond acceptors (Lipinski definition) is 2. The van der Waals surface area contributed by atoms with Gasteiger partial charge >= 0.3 is 0 Å². The summed E-state index contributed by atoms with van der Waals surface area (Å²) >= 11 is 5.85. The first-order valence-corrected chi connectivity index (χ1v) is 6.78. The van der Waals surface area contributed by atoms with Gasteiger partial charge in [0.15, 0.2) is 5.78 Å². The predicted molar refractivity (Wildman–Crippen MR) is 76.6 cm³/mol. The Bertz CT molecular complexity index is 504. The molecule has 1 heterocycles. The quantitative estimate of drug-likeness (QED) is 0.667. The van der Waals surface area contributed by atoms with E-state index in [0.717, 1.165) is 11.4 Å². The largest absolute Gasteiger partial charge is 0.368 e. The number of Topliss-reactive ketones (excluding diaryl/α,β-unsaturated/α-hetero) is 1. The molecule has 0 aliphatic heterocycles. The van der Waals surface area contributed by atoms with E-state index in [4.69, 9.17) is 17.3 Å². The van der Waals surface area contributed by atoms with Crippen LogP contribution in [-0.2, 0) is 4.79 Å². The highest BCUT2D eigenvalue weighted by atomic mass is 35.5. The molecule has 2 N–H and O–H groups in total. The maximum atomic E-state index is 12.0. The van der Waals surface area contributed by atoms with E-state index in [1.54, 1.807) is 13.0 Å². The molecule has 1 amide bonds. The van der Waals surface area contributed by atoms with Crippen molar-refractivity contribution in [1.82, 2.24) is 4.57 Å². The molecule has 5 heteroatoms. The summed E-state index contributed by atoms with van der Waals surface area (Å²) < 4.78 is 1.83. The third kappa shape index (κ3) is 3.00. The summed E-state index contributed by atoms with van der Waals surface area (Å²) in [5.41, 5.74) is 7.63. The Hall–Kier alpha value is -1.29. The van der Waals surface area contributed by atoms with Gasteiger partial charge in [0.2, 0.25) is 5.91 Å². The van der Waals surface area contributed by atoms with Gasteiger partial charge in [0.05, 0.1) is 5.38 Å². The molecule has 0 saturated heterocycles. The average Bonchev–Trinajstić information content (AvgIpc) is 2.55. The van der Waals surface area contributed by atoms with Crippen LogP contribution in [0.5, 0.6) is 0 Å². The molecule has 2 atom stereocenters. The number of aromatic nitrogens is 1. The van der Waals surface area contributed by atoms with E-state index in [1.807, 2.05) is 32.3 Å². The summed E-state index contributed by atoms with van der Waals surface area (Å²) in [6, 6.07) is 1.32. The Morgan fingerprint density at radius 2 is 1.79 bits per heavy atom. The fourth-order valence-corrected chi connectivity index (χ4v) is 2.54. The minimum Gasteiger partial charge on any atom is -0.368 e. The molecule has 0 aliphatic carbocycles. The standard InChI is InChI=1S/C14H21ClN2O2/c1-7(2)12(14(16)19)17-8(3)6-11(10(17)5)13(18)9(4)15/h6-7,9,12H,1-5H3,(H2,16,19). The van der Waals surface area contributed by atoms with Crippen LogP contribution in [0.2, 0.25) is 0 Å². The van der Waals surface area contributed by atoms with Gasteiger partial charge in [-0.25, -0.2) is 0 Å². The van der Waals surface area contributed by atoms with Gasteiger partial charge in [-0.3, -0.25) is 9.59 Å². The molecule has 0 saturated carbocycles. The molecule has 0 fully saturated rings. The van der Waals surface area contributed by atoms with E-state index < -0.39 is 17.3 Å². The Kier molecular flexibility index (Phi) is 4.80. The van der Waals surface area contributed by atoms with E-state index in [0.29, 0.717) is 5.56 Å². The molecule has 1 aromatic heterocycles. The smallest absolute Gasteiger partial charge is 0.240 e. The number of aryl methyl sites for hydroxylation is 1. The van der Waals surface area contributed by atoms with Gasteiger partial charge in [-0.1, -0.05) is 13.8 Å². The van der Waals surface area contributed by atoms with Crippen molar-refractivity contribution in [2.24, 2.45) is 11.7 Å². The first-order valence-electron chi connectivity index (χ1n) is 6.34. The third-order valence-corrected chi connectivity index (χ3v) is 3.51. The number of ketones is 1. The van der Waals surface area contributed by atoms with Crippen molar-refractivity contribution in [1.29, 1.82) is 0 Å². The Balaban J connectivity index is 3.38. The second-order valence-corrected chi connectivity index (χ2v) is 5.88. The Labute approximate surface area is 118 Å².